The molecule has 0 saturated heterocycles. The Morgan fingerprint density at radius 1 is 0.833 bits per heavy atom. The van der Waals surface area contributed by atoms with Gasteiger partial charge in [0.25, 0.3) is 0 Å². The van der Waals surface area contributed by atoms with Gasteiger partial charge in [-0.05, 0) is 12.8 Å². The second kappa shape index (κ2) is 21.2. The fourth-order valence-corrected chi connectivity index (χ4v) is 3.24. The fourth-order valence-electron chi connectivity index (χ4n) is 3.24. The Bertz CT molecular complexity index is 407. The molecule has 0 aliphatic heterocycles. The molecule has 0 aliphatic rings. The highest BCUT2D eigenvalue weighted by molar-refractivity contribution is 5.96. The van der Waals surface area contributed by atoms with Gasteiger partial charge in [0.15, 0.2) is 0 Å². The summed E-state index contributed by atoms with van der Waals surface area (Å²) in [4.78, 5) is 24.3. The number of carbonyl (C=O) groups is 2. The van der Waals surface area contributed by atoms with Crippen LogP contribution >= 0.6 is 0 Å². The number of carbonyl (C=O) groups excluding carboxylic acids is 2. The summed E-state index contributed by atoms with van der Waals surface area (Å²) in [5.74, 6) is -0.191. The van der Waals surface area contributed by atoms with Crippen LogP contribution in [0.25, 0.3) is 0 Å². The van der Waals surface area contributed by atoms with Crippen LogP contribution in [0.2, 0.25) is 0 Å². The monoisotopic (exact) mass is 431 g/mol. The van der Waals surface area contributed by atoms with Crippen LogP contribution in [-0.2, 0) is 23.8 Å². The first kappa shape index (κ1) is 29.0. The first-order valence-electron chi connectivity index (χ1n) is 11.8. The number of aldehydes is 1. The van der Waals surface area contributed by atoms with E-state index < -0.39 is 5.41 Å². The Labute approximate surface area is 183 Å². The fraction of sp³-hybridized carbons (Fsp3) is 0.913. The molecule has 0 fully saturated rings. The first-order chi connectivity index (χ1) is 14.7. The Kier molecular flexibility index (Phi) is 20.5. The van der Waals surface area contributed by atoms with Crippen LogP contribution in [0.5, 0.6) is 0 Å². The minimum atomic E-state index is -0.917. The van der Waals surface area contributed by atoms with E-state index in [-0.39, 0.29) is 12.5 Å². The maximum Gasteiger partial charge on any atom is 0.233 e. The van der Waals surface area contributed by atoms with Gasteiger partial charge in [0, 0.05) is 6.54 Å². The molecule has 0 bridgehead atoms. The summed E-state index contributed by atoms with van der Waals surface area (Å²) in [5, 5.41) is 11.4. The zero-order valence-electron chi connectivity index (χ0n) is 19.3. The molecule has 0 heterocycles. The molecule has 0 radical (unpaired) electrons. The average molecular weight is 432 g/mol. The minimum absolute atomic E-state index is 0.0113. The van der Waals surface area contributed by atoms with E-state index in [2.05, 4.69) is 12.2 Å². The lowest BCUT2D eigenvalue weighted by molar-refractivity contribution is -0.137. The van der Waals surface area contributed by atoms with Gasteiger partial charge in [-0.1, -0.05) is 65.2 Å². The quantitative estimate of drug-likeness (QED) is 0.146. The standard InChI is InChI=1S/C23H45NO6/c1-3-5-6-7-8-9-10-11-12-23(4-2,21-26)22(27)24-13-15-28-17-19-30-20-18-29-16-14-25/h21,25H,3-20H2,1-2H3,(H,24,27). The van der Waals surface area contributed by atoms with Crippen LogP contribution in [0.1, 0.15) is 78.1 Å². The van der Waals surface area contributed by atoms with Crippen molar-refractivity contribution in [2.75, 3.05) is 52.8 Å². The van der Waals surface area contributed by atoms with E-state index in [9.17, 15) is 9.59 Å². The predicted octanol–water partition coefficient (Wildman–Crippen LogP) is 3.27. The summed E-state index contributed by atoms with van der Waals surface area (Å²) in [6.45, 7) is 6.99. The van der Waals surface area contributed by atoms with E-state index >= 15 is 0 Å². The third-order valence-corrected chi connectivity index (χ3v) is 5.30. The van der Waals surface area contributed by atoms with Crippen LogP contribution in [0, 0.1) is 5.41 Å². The largest absolute Gasteiger partial charge is 0.394 e. The maximum absolute atomic E-state index is 12.6. The van der Waals surface area contributed by atoms with Crippen LogP contribution in [0.3, 0.4) is 0 Å². The molecule has 178 valence electrons. The molecule has 0 spiro atoms. The summed E-state index contributed by atoms with van der Waals surface area (Å²) in [6, 6.07) is 0. The van der Waals surface area contributed by atoms with Crippen molar-refractivity contribution in [3.05, 3.63) is 0 Å². The van der Waals surface area contributed by atoms with Gasteiger partial charge in [0.1, 0.15) is 11.7 Å². The predicted molar refractivity (Wildman–Crippen MR) is 119 cm³/mol. The molecular weight excluding hydrogens is 386 g/mol. The Balaban J connectivity index is 3.84. The Morgan fingerprint density at radius 2 is 1.37 bits per heavy atom. The molecule has 0 saturated carbocycles. The van der Waals surface area contributed by atoms with Crippen molar-refractivity contribution in [1.82, 2.24) is 5.32 Å². The van der Waals surface area contributed by atoms with Gasteiger partial charge < -0.3 is 29.4 Å². The van der Waals surface area contributed by atoms with E-state index in [1.165, 1.54) is 38.5 Å². The summed E-state index contributed by atoms with van der Waals surface area (Å²) in [5.41, 5.74) is -0.917. The number of amides is 1. The van der Waals surface area contributed by atoms with Crippen molar-refractivity contribution in [3.63, 3.8) is 0 Å². The zero-order chi connectivity index (χ0) is 22.3. The summed E-state index contributed by atoms with van der Waals surface area (Å²) in [6.07, 6.45) is 11.5. The normalized spacial score (nSPS) is 13.2. The van der Waals surface area contributed by atoms with Crippen LogP contribution in [-0.4, -0.2) is 70.1 Å². The topological polar surface area (TPSA) is 94.1 Å². The van der Waals surface area contributed by atoms with Crippen LogP contribution in [0.15, 0.2) is 0 Å². The Hall–Kier alpha value is -1.02. The Morgan fingerprint density at radius 3 is 1.90 bits per heavy atom. The molecule has 1 unspecified atom stereocenters. The van der Waals surface area contributed by atoms with Gasteiger partial charge in [0.05, 0.1) is 46.2 Å². The third kappa shape index (κ3) is 14.9. The maximum atomic E-state index is 12.6. The smallest absolute Gasteiger partial charge is 0.233 e. The SMILES string of the molecule is CCCCCCCCCCC(C=O)(CC)C(=O)NCCOCCOCCOCCO. The number of nitrogens with one attached hydrogen (secondary N) is 1. The highest BCUT2D eigenvalue weighted by Crippen LogP contribution is 2.27. The summed E-state index contributed by atoms with van der Waals surface area (Å²) >= 11 is 0. The lowest BCUT2D eigenvalue weighted by Crippen LogP contribution is -2.43. The van der Waals surface area contributed by atoms with Gasteiger partial charge in [-0.25, -0.2) is 0 Å². The van der Waals surface area contributed by atoms with Gasteiger partial charge in [-0.3, -0.25) is 4.79 Å². The molecule has 1 amide bonds. The van der Waals surface area contributed by atoms with Crippen molar-refractivity contribution in [2.45, 2.75) is 78.1 Å². The number of hydrogen-bond acceptors (Lipinski definition) is 6. The van der Waals surface area contributed by atoms with Gasteiger partial charge in [0.2, 0.25) is 5.91 Å². The van der Waals surface area contributed by atoms with Crippen molar-refractivity contribution in [3.8, 4) is 0 Å². The summed E-state index contributed by atoms with van der Waals surface area (Å²) in [7, 11) is 0. The first-order valence-corrected chi connectivity index (χ1v) is 11.8. The van der Waals surface area contributed by atoms with Crippen LogP contribution in [0.4, 0.5) is 0 Å². The third-order valence-electron chi connectivity index (χ3n) is 5.30. The molecule has 0 aromatic heterocycles. The lowest BCUT2D eigenvalue weighted by atomic mass is 9.80. The number of hydrogen-bond donors (Lipinski definition) is 2. The van der Waals surface area contributed by atoms with E-state index in [0.717, 1.165) is 19.1 Å². The van der Waals surface area contributed by atoms with Crippen LogP contribution < -0.4 is 5.32 Å². The molecule has 0 aromatic rings. The molecule has 7 heteroatoms. The van der Waals surface area contributed by atoms with Gasteiger partial charge in [-0.15, -0.1) is 0 Å². The number of aliphatic hydroxyl groups is 1. The lowest BCUT2D eigenvalue weighted by Gasteiger charge is -2.25. The summed E-state index contributed by atoms with van der Waals surface area (Å²) < 4.78 is 15.8. The highest BCUT2D eigenvalue weighted by atomic mass is 16.5. The van der Waals surface area contributed by atoms with E-state index in [1.54, 1.807) is 0 Å². The molecule has 1 atom stereocenters. The molecule has 2 N–H and O–H groups in total. The van der Waals surface area contributed by atoms with Crippen molar-refractivity contribution < 1.29 is 28.9 Å². The average Bonchev–Trinajstić information content (AvgIpc) is 2.76. The van der Waals surface area contributed by atoms with Crippen molar-refractivity contribution in [1.29, 1.82) is 0 Å². The molecule has 30 heavy (non-hydrogen) atoms. The molecule has 0 aromatic carbocycles. The molecule has 7 nitrogen and oxygen atoms in total. The van der Waals surface area contributed by atoms with Crippen molar-refractivity contribution >= 4 is 12.2 Å². The van der Waals surface area contributed by atoms with Gasteiger partial charge in [-0.2, -0.15) is 0 Å². The van der Waals surface area contributed by atoms with Gasteiger partial charge >= 0.3 is 0 Å². The molecule has 0 rings (SSSR count). The molecular formula is C23H45NO6. The number of unbranched alkanes of at least 4 members (excludes halogenated alkanes) is 7. The number of ether oxygens (including phenoxy) is 3. The van der Waals surface area contributed by atoms with E-state index in [1.807, 2.05) is 6.92 Å². The van der Waals surface area contributed by atoms with E-state index in [0.29, 0.717) is 59.0 Å². The van der Waals surface area contributed by atoms with Crippen molar-refractivity contribution in [2.24, 2.45) is 5.41 Å². The van der Waals surface area contributed by atoms with E-state index in [4.69, 9.17) is 19.3 Å². The molecule has 0 aliphatic carbocycles. The number of rotatable bonds is 23. The highest BCUT2D eigenvalue weighted by Gasteiger charge is 2.35. The minimum Gasteiger partial charge on any atom is -0.394 e. The number of aliphatic hydroxyl groups excluding tert-OH is 1. The zero-order valence-corrected chi connectivity index (χ0v) is 19.3. The second-order valence-corrected chi connectivity index (χ2v) is 7.67. The second-order valence-electron chi connectivity index (χ2n) is 7.67.